The number of alkyl halides is 3. The van der Waals surface area contributed by atoms with Crippen LogP contribution in [0.5, 0.6) is 0 Å². The number of pyridine rings is 1. The highest BCUT2D eigenvalue weighted by Gasteiger charge is 2.60. The second-order valence-corrected chi connectivity index (χ2v) is 8.04. The summed E-state index contributed by atoms with van der Waals surface area (Å²) in [7, 11) is 1.43. The Morgan fingerprint density at radius 2 is 1.93 bits per heavy atom. The molecule has 7 nitrogen and oxygen atoms in total. The molecule has 2 aromatic rings. The van der Waals surface area contributed by atoms with Crippen LogP contribution in [0.1, 0.15) is 25.8 Å². The van der Waals surface area contributed by atoms with E-state index in [1.165, 1.54) is 19.6 Å². The van der Waals surface area contributed by atoms with E-state index in [1.807, 2.05) is 18.7 Å². The lowest BCUT2D eigenvalue weighted by Gasteiger charge is -2.50. The van der Waals surface area contributed by atoms with Gasteiger partial charge in [0.15, 0.2) is 0 Å². The molecule has 4 heterocycles. The monoisotopic (exact) mass is 395 g/mol. The summed E-state index contributed by atoms with van der Waals surface area (Å²) in [5.74, 6) is 0.0503. The first-order chi connectivity index (χ1) is 13.0. The van der Waals surface area contributed by atoms with E-state index in [9.17, 15) is 22.8 Å². The van der Waals surface area contributed by atoms with Crippen molar-refractivity contribution >= 4 is 23.3 Å². The summed E-state index contributed by atoms with van der Waals surface area (Å²) in [5, 5.41) is 2.81. The maximum Gasteiger partial charge on any atom is 0.416 e. The van der Waals surface area contributed by atoms with Gasteiger partial charge in [0.05, 0.1) is 17.3 Å². The van der Waals surface area contributed by atoms with Crippen molar-refractivity contribution in [2.45, 2.75) is 32.0 Å². The maximum atomic E-state index is 13.4. The summed E-state index contributed by atoms with van der Waals surface area (Å²) >= 11 is 0. The number of amides is 3. The topological polar surface area (TPSA) is 70.0 Å². The van der Waals surface area contributed by atoms with Gasteiger partial charge in [-0.3, -0.25) is 14.1 Å². The van der Waals surface area contributed by atoms with Crippen molar-refractivity contribution < 1.29 is 22.8 Å². The number of rotatable bonds is 1. The van der Waals surface area contributed by atoms with E-state index in [1.54, 1.807) is 4.40 Å². The van der Waals surface area contributed by atoms with Crippen LogP contribution in [0.2, 0.25) is 0 Å². The minimum absolute atomic E-state index is 0.293. The van der Waals surface area contributed by atoms with Crippen molar-refractivity contribution in [2.24, 2.45) is 5.41 Å². The van der Waals surface area contributed by atoms with Gasteiger partial charge < -0.3 is 10.2 Å². The van der Waals surface area contributed by atoms with Crippen LogP contribution < -0.4 is 10.2 Å². The van der Waals surface area contributed by atoms with E-state index in [0.29, 0.717) is 30.8 Å². The molecule has 0 aliphatic carbocycles. The Labute approximate surface area is 159 Å². The van der Waals surface area contributed by atoms with Crippen LogP contribution in [0, 0.1) is 5.41 Å². The van der Waals surface area contributed by atoms with Crippen LogP contribution >= 0.6 is 0 Å². The molecule has 2 aliphatic rings. The molecule has 0 aromatic carbocycles. The van der Waals surface area contributed by atoms with Gasteiger partial charge in [-0.15, -0.1) is 0 Å². The zero-order chi connectivity index (χ0) is 20.5. The Balaban J connectivity index is 1.75. The molecule has 2 aromatic heterocycles. The molecule has 3 amide bonds. The van der Waals surface area contributed by atoms with E-state index in [-0.39, 0.29) is 5.91 Å². The summed E-state index contributed by atoms with van der Waals surface area (Å²) < 4.78 is 41.7. The molecule has 150 valence electrons. The number of likely N-dealkylation sites (N-methyl/N-ethyl adjacent to an activating group) is 1. The highest BCUT2D eigenvalue weighted by atomic mass is 19.4. The number of anilines is 1. The molecule has 2 aliphatic heterocycles. The molecule has 28 heavy (non-hydrogen) atoms. The van der Waals surface area contributed by atoms with Crippen molar-refractivity contribution in [3.63, 3.8) is 0 Å². The number of aromatic nitrogens is 2. The first kappa shape index (κ1) is 18.6. The number of carbonyl (C=O) groups is 2. The van der Waals surface area contributed by atoms with Gasteiger partial charge in [0.2, 0.25) is 0 Å². The number of urea groups is 1. The molecule has 0 saturated carbocycles. The van der Waals surface area contributed by atoms with Gasteiger partial charge in [0.1, 0.15) is 17.7 Å². The van der Waals surface area contributed by atoms with Crippen LogP contribution in [-0.4, -0.2) is 51.9 Å². The molecule has 2 saturated heterocycles. The molecule has 10 heteroatoms. The summed E-state index contributed by atoms with van der Waals surface area (Å²) in [6.45, 7) is 4.30. The largest absolute Gasteiger partial charge is 0.416 e. The Kier molecular flexibility index (Phi) is 3.73. The van der Waals surface area contributed by atoms with Crippen molar-refractivity contribution in [2.75, 3.05) is 25.0 Å². The first-order valence-electron chi connectivity index (χ1n) is 8.85. The number of carbonyl (C=O) groups excluding carboxylic acids is 2. The standard InChI is InChI=1S/C18H20F3N5O2/c1-16(2)9-25(5-4-17(16)14(27)24(3)15(28)23-17)13-7-11(18(19,20)21)6-12-8-22-10-26(12)13/h6-8,10H,4-5,9H2,1-3H3,(H,23,28). The van der Waals surface area contributed by atoms with E-state index in [2.05, 4.69) is 10.3 Å². The SMILES string of the molecule is CN1C(=O)NC2(CCN(c3cc(C(F)(F)F)cc4cncn34)CC2(C)C)C1=O. The fraction of sp³-hybridized carbons (Fsp3) is 0.500. The molecule has 4 rings (SSSR count). The number of hydrogen-bond acceptors (Lipinski definition) is 4. The quantitative estimate of drug-likeness (QED) is 0.754. The summed E-state index contributed by atoms with van der Waals surface area (Å²) in [6, 6.07) is 1.70. The van der Waals surface area contributed by atoms with Crippen LogP contribution in [-0.2, 0) is 11.0 Å². The van der Waals surface area contributed by atoms with E-state index >= 15 is 0 Å². The van der Waals surface area contributed by atoms with Gasteiger partial charge in [0.25, 0.3) is 5.91 Å². The zero-order valence-corrected chi connectivity index (χ0v) is 15.7. The minimum atomic E-state index is -4.48. The lowest BCUT2D eigenvalue weighted by Crippen LogP contribution is -2.66. The number of fused-ring (bicyclic) bond motifs is 1. The smallest absolute Gasteiger partial charge is 0.357 e. The predicted octanol–water partition coefficient (Wildman–Crippen LogP) is 2.51. The number of imide groups is 1. The maximum absolute atomic E-state index is 13.4. The summed E-state index contributed by atoms with van der Waals surface area (Å²) in [4.78, 5) is 31.7. The van der Waals surface area contributed by atoms with Gasteiger partial charge in [-0.25, -0.2) is 9.78 Å². The van der Waals surface area contributed by atoms with Crippen molar-refractivity contribution in [3.05, 3.63) is 30.2 Å². The molecule has 2 fully saturated rings. The number of nitrogens with one attached hydrogen (secondary N) is 1. The summed E-state index contributed by atoms with van der Waals surface area (Å²) in [6.07, 6.45) is -1.34. The lowest BCUT2D eigenvalue weighted by atomic mass is 9.67. The van der Waals surface area contributed by atoms with Crippen molar-refractivity contribution in [3.8, 4) is 0 Å². The Hall–Kier alpha value is -2.78. The second kappa shape index (κ2) is 5.62. The third-order valence-electron chi connectivity index (χ3n) is 5.95. The van der Waals surface area contributed by atoms with Crippen LogP contribution in [0.3, 0.4) is 0 Å². The number of nitrogens with zero attached hydrogens (tertiary/aromatic N) is 4. The van der Waals surface area contributed by atoms with Gasteiger partial charge in [-0.05, 0) is 18.6 Å². The molecule has 1 unspecified atom stereocenters. The van der Waals surface area contributed by atoms with Crippen LogP contribution in [0.15, 0.2) is 24.7 Å². The molecule has 0 radical (unpaired) electrons. The third-order valence-corrected chi connectivity index (χ3v) is 5.95. The van der Waals surface area contributed by atoms with Gasteiger partial charge in [-0.1, -0.05) is 13.8 Å². The predicted molar refractivity (Wildman–Crippen MR) is 94.8 cm³/mol. The van der Waals surface area contributed by atoms with E-state index < -0.39 is 28.7 Å². The fourth-order valence-electron chi connectivity index (χ4n) is 4.27. The van der Waals surface area contributed by atoms with E-state index in [4.69, 9.17) is 0 Å². The molecule has 1 spiro atoms. The van der Waals surface area contributed by atoms with Gasteiger partial charge >= 0.3 is 12.2 Å². The minimum Gasteiger partial charge on any atom is -0.357 e. The number of halogens is 3. The molecule has 1 atom stereocenters. The average Bonchev–Trinajstić information content (AvgIpc) is 3.16. The molecular formula is C18H20F3N5O2. The van der Waals surface area contributed by atoms with Crippen LogP contribution in [0.4, 0.5) is 23.8 Å². The zero-order valence-electron chi connectivity index (χ0n) is 15.7. The van der Waals surface area contributed by atoms with E-state index in [0.717, 1.165) is 17.0 Å². The Morgan fingerprint density at radius 3 is 2.50 bits per heavy atom. The number of piperidine rings is 1. The summed E-state index contributed by atoms with van der Waals surface area (Å²) in [5.41, 5.74) is -2.18. The molecular weight excluding hydrogens is 375 g/mol. The Morgan fingerprint density at radius 1 is 1.21 bits per heavy atom. The van der Waals surface area contributed by atoms with Crippen molar-refractivity contribution in [1.29, 1.82) is 0 Å². The fourth-order valence-corrected chi connectivity index (χ4v) is 4.27. The number of imidazole rings is 1. The second-order valence-electron chi connectivity index (χ2n) is 8.04. The highest BCUT2D eigenvalue weighted by Crippen LogP contribution is 2.44. The first-order valence-corrected chi connectivity index (χ1v) is 8.85. The number of hydrogen-bond donors (Lipinski definition) is 1. The lowest BCUT2D eigenvalue weighted by molar-refractivity contribution is -0.137. The van der Waals surface area contributed by atoms with Crippen molar-refractivity contribution in [1.82, 2.24) is 19.6 Å². The normalized spacial score (nSPS) is 25.1. The van der Waals surface area contributed by atoms with Crippen LogP contribution in [0.25, 0.3) is 5.52 Å². The van der Waals surface area contributed by atoms with Gasteiger partial charge in [0, 0.05) is 25.6 Å². The molecule has 1 N–H and O–H groups in total. The van der Waals surface area contributed by atoms with Gasteiger partial charge in [-0.2, -0.15) is 13.2 Å². The Bertz CT molecular complexity index is 983. The highest BCUT2D eigenvalue weighted by molar-refractivity contribution is 6.07. The average molecular weight is 395 g/mol. The third kappa shape index (κ3) is 2.46. The molecule has 0 bridgehead atoms.